The summed E-state index contributed by atoms with van der Waals surface area (Å²) in [6.45, 7) is 2.03. The molecule has 2 aliphatic carbocycles. The highest BCUT2D eigenvalue weighted by molar-refractivity contribution is 5.20. The molecule has 79 valence electrons. The highest BCUT2D eigenvalue weighted by Gasteiger charge is 2.16. The van der Waals surface area contributed by atoms with Gasteiger partial charge in [0.15, 0.2) is 0 Å². The van der Waals surface area contributed by atoms with E-state index in [1.165, 1.54) is 0 Å². The molecule has 0 atom stereocenters. The van der Waals surface area contributed by atoms with Crippen LogP contribution in [0.5, 0.6) is 0 Å². The summed E-state index contributed by atoms with van der Waals surface area (Å²) >= 11 is 0. The molecule has 2 heteroatoms. The van der Waals surface area contributed by atoms with Crippen LogP contribution in [0.15, 0.2) is 48.0 Å². The van der Waals surface area contributed by atoms with E-state index in [9.17, 15) is 0 Å². The van der Waals surface area contributed by atoms with Gasteiger partial charge in [-0.1, -0.05) is 31.2 Å². The average molecular weight is 203 g/mol. The van der Waals surface area contributed by atoms with Gasteiger partial charge < -0.3 is 9.47 Å². The van der Waals surface area contributed by atoms with Crippen LogP contribution < -0.4 is 0 Å². The van der Waals surface area contributed by atoms with Crippen molar-refractivity contribution in [2.24, 2.45) is 0 Å². The molecule has 2 rings (SSSR count). The van der Waals surface area contributed by atoms with Crippen LogP contribution in [0, 0.1) is 6.29 Å². The van der Waals surface area contributed by atoms with Gasteiger partial charge in [-0.15, -0.1) is 0 Å². The first kappa shape index (κ1) is 10.1. The molecule has 0 unspecified atom stereocenters. The number of hydrogen-bond acceptors (Lipinski definition) is 2. The van der Waals surface area contributed by atoms with Gasteiger partial charge in [-0.2, -0.15) is 0 Å². The molecular weight excluding hydrogens is 188 g/mol. The molecule has 0 aromatic carbocycles. The van der Waals surface area contributed by atoms with Gasteiger partial charge in [0.05, 0.1) is 0 Å². The van der Waals surface area contributed by atoms with Gasteiger partial charge in [-0.25, -0.2) is 0 Å². The van der Waals surface area contributed by atoms with Crippen molar-refractivity contribution in [3.05, 3.63) is 54.3 Å². The van der Waals surface area contributed by atoms with E-state index in [4.69, 9.17) is 9.47 Å². The summed E-state index contributed by atoms with van der Waals surface area (Å²) in [5.74, 6) is 1.91. The molecular formula is C13H15O2. The second kappa shape index (κ2) is 4.87. The van der Waals surface area contributed by atoms with E-state index >= 15 is 0 Å². The molecule has 1 radical (unpaired) electrons. The summed E-state index contributed by atoms with van der Waals surface area (Å²) in [4.78, 5) is 0. The molecule has 0 fully saturated rings. The Balaban J connectivity index is 1.82. The van der Waals surface area contributed by atoms with E-state index in [1.807, 2.05) is 31.2 Å². The maximum Gasteiger partial charge on any atom is 0.328 e. The SMILES string of the molecule is CC[C](OC1=CC=CC1)OC1=CC=CC1. The smallest absolute Gasteiger partial charge is 0.328 e. The molecule has 0 bridgehead atoms. The van der Waals surface area contributed by atoms with Crippen LogP contribution in [-0.4, -0.2) is 0 Å². The van der Waals surface area contributed by atoms with Crippen LogP contribution in [0.3, 0.4) is 0 Å². The van der Waals surface area contributed by atoms with Crippen molar-refractivity contribution < 1.29 is 9.47 Å². The van der Waals surface area contributed by atoms with E-state index in [1.54, 1.807) is 0 Å². The summed E-state index contributed by atoms with van der Waals surface area (Å²) in [5, 5.41) is 0. The van der Waals surface area contributed by atoms with E-state index < -0.39 is 0 Å². The molecule has 0 spiro atoms. The fraction of sp³-hybridized carbons (Fsp3) is 0.308. The predicted octanol–water partition coefficient (Wildman–Crippen LogP) is 3.61. The Morgan fingerprint density at radius 2 is 1.60 bits per heavy atom. The normalized spacial score (nSPS) is 18.3. The van der Waals surface area contributed by atoms with Crippen LogP contribution in [0.1, 0.15) is 26.2 Å². The number of ether oxygens (including phenoxy) is 2. The van der Waals surface area contributed by atoms with E-state index in [-0.39, 0.29) is 0 Å². The lowest BCUT2D eigenvalue weighted by atomic mass is 10.4. The first-order chi connectivity index (χ1) is 7.38. The van der Waals surface area contributed by atoms with Crippen molar-refractivity contribution in [1.29, 1.82) is 0 Å². The highest BCUT2D eigenvalue weighted by Crippen LogP contribution is 2.25. The van der Waals surface area contributed by atoms with E-state index in [2.05, 4.69) is 12.2 Å². The quantitative estimate of drug-likeness (QED) is 0.679. The Kier molecular flexibility index (Phi) is 3.28. The number of hydrogen-bond donors (Lipinski definition) is 0. The summed E-state index contributed by atoms with van der Waals surface area (Å²) < 4.78 is 11.3. The lowest BCUT2D eigenvalue weighted by Gasteiger charge is -2.17. The zero-order valence-corrected chi connectivity index (χ0v) is 8.90. The van der Waals surface area contributed by atoms with E-state index in [0.29, 0.717) is 6.29 Å². The number of allylic oxidation sites excluding steroid dienone is 6. The summed E-state index contributed by atoms with van der Waals surface area (Å²) in [6.07, 6.45) is 15.3. The lowest BCUT2D eigenvalue weighted by Crippen LogP contribution is -2.06. The lowest BCUT2D eigenvalue weighted by molar-refractivity contribution is 0.0143. The number of rotatable bonds is 5. The zero-order valence-electron chi connectivity index (χ0n) is 8.90. The van der Waals surface area contributed by atoms with Gasteiger partial charge >= 0.3 is 6.29 Å². The van der Waals surface area contributed by atoms with Gasteiger partial charge in [-0.05, 0) is 12.2 Å². The first-order valence-corrected chi connectivity index (χ1v) is 5.31. The molecule has 0 saturated heterocycles. The van der Waals surface area contributed by atoms with Crippen molar-refractivity contribution in [3.63, 3.8) is 0 Å². The van der Waals surface area contributed by atoms with Crippen LogP contribution in [0.4, 0.5) is 0 Å². The molecule has 2 nitrogen and oxygen atoms in total. The fourth-order valence-electron chi connectivity index (χ4n) is 1.46. The van der Waals surface area contributed by atoms with Crippen molar-refractivity contribution in [1.82, 2.24) is 0 Å². The Morgan fingerprint density at radius 3 is 1.93 bits per heavy atom. The Labute approximate surface area is 90.6 Å². The third-order valence-corrected chi connectivity index (χ3v) is 2.25. The topological polar surface area (TPSA) is 18.5 Å². The third kappa shape index (κ3) is 2.75. The molecule has 0 aliphatic heterocycles. The Bertz CT molecular complexity index is 302. The molecule has 0 aromatic heterocycles. The highest BCUT2D eigenvalue weighted by atomic mass is 16.7. The standard InChI is InChI=1S/C13H15O2/c1-2-13(14-11-7-3-4-8-11)15-12-9-5-6-10-12/h3-7,9H,2,8,10H2,1H3. The van der Waals surface area contributed by atoms with Crippen molar-refractivity contribution in [3.8, 4) is 0 Å². The second-order valence-electron chi connectivity index (χ2n) is 3.46. The van der Waals surface area contributed by atoms with Gasteiger partial charge in [0.2, 0.25) is 0 Å². The molecule has 0 heterocycles. The molecule has 2 aliphatic rings. The minimum Gasteiger partial charge on any atom is -0.450 e. The van der Waals surface area contributed by atoms with Crippen molar-refractivity contribution in [2.75, 3.05) is 0 Å². The maximum absolute atomic E-state index is 5.65. The second-order valence-corrected chi connectivity index (χ2v) is 3.46. The largest absolute Gasteiger partial charge is 0.450 e. The summed E-state index contributed by atoms with van der Waals surface area (Å²) in [5.41, 5.74) is 0. The van der Waals surface area contributed by atoms with Crippen LogP contribution in [-0.2, 0) is 9.47 Å². The monoisotopic (exact) mass is 203 g/mol. The summed E-state index contributed by atoms with van der Waals surface area (Å²) in [6, 6.07) is 0. The molecule has 15 heavy (non-hydrogen) atoms. The van der Waals surface area contributed by atoms with Gasteiger partial charge in [0.1, 0.15) is 11.5 Å². The summed E-state index contributed by atoms with van der Waals surface area (Å²) in [7, 11) is 0. The van der Waals surface area contributed by atoms with Crippen molar-refractivity contribution >= 4 is 0 Å². The van der Waals surface area contributed by atoms with Crippen LogP contribution >= 0.6 is 0 Å². The van der Waals surface area contributed by atoms with Crippen LogP contribution in [0.25, 0.3) is 0 Å². The van der Waals surface area contributed by atoms with Crippen molar-refractivity contribution in [2.45, 2.75) is 26.2 Å². The molecule has 0 saturated carbocycles. The predicted molar refractivity (Wildman–Crippen MR) is 59.4 cm³/mol. The fourth-order valence-corrected chi connectivity index (χ4v) is 1.46. The third-order valence-electron chi connectivity index (χ3n) is 2.25. The van der Waals surface area contributed by atoms with E-state index in [0.717, 1.165) is 30.8 Å². The maximum atomic E-state index is 5.65. The first-order valence-electron chi connectivity index (χ1n) is 5.31. The van der Waals surface area contributed by atoms with Gasteiger partial charge in [-0.3, -0.25) is 0 Å². The minimum absolute atomic E-state index is 0.680. The Morgan fingerprint density at radius 1 is 1.07 bits per heavy atom. The molecule has 0 amide bonds. The molecule has 0 aromatic rings. The Hall–Kier alpha value is -1.44. The van der Waals surface area contributed by atoms with Crippen LogP contribution in [0.2, 0.25) is 0 Å². The molecule has 0 N–H and O–H groups in total. The minimum atomic E-state index is 0.680. The average Bonchev–Trinajstić information content (AvgIpc) is 2.89. The van der Waals surface area contributed by atoms with Gasteiger partial charge in [0.25, 0.3) is 0 Å². The zero-order chi connectivity index (χ0) is 10.5. The van der Waals surface area contributed by atoms with Gasteiger partial charge in [0, 0.05) is 19.3 Å².